The van der Waals surface area contributed by atoms with Crippen LogP contribution in [0.15, 0.2) is 41.1 Å². The Morgan fingerprint density at radius 1 is 1.29 bits per heavy atom. The van der Waals surface area contributed by atoms with Gasteiger partial charge in [0.1, 0.15) is 12.6 Å². The van der Waals surface area contributed by atoms with Gasteiger partial charge < -0.3 is 4.90 Å². The number of hydrogen-bond acceptors (Lipinski definition) is 5. The van der Waals surface area contributed by atoms with Crippen LogP contribution < -0.4 is 4.90 Å². The van der Waals surface area contributed by atoms with Crippen LogP contribution in [0.25, 0.3) is 0 Å². The van der Waals surface area contributed by atoms with Crippen molar-refractivity contribution in [3.8, 4) is 6.07 Å². The van der Waals surface area contributed by atoms with E-state index in [1.807, 2.05) is 35.9 Å². The number of aromatic nitrogens is 3. The molecular formula is C18H14F3N5OS. The molecule has 1 aromatic carbocycles. The minimum absolute atomic E-state index is 0.201. The molecule has 0 aliphatic carbocycles. The van der Waals surface area contributed by atoms with Crippen LogP contribution in [0.5, 0.6) is 0 Å². The van der Waals surface area contributed by atoms with E-state index in [4.69, 9.17) is 5.26 Å². The van der Waals surface area contributed by atoms with Crippen LogP contribution in [0.3, 0.4) is 0 Å². The molecule has 0 saturated carbocycles. The SMILES string of the molecule is Cc1ccc(N(Cc2ccsc2)C(=O)Cn2nc(C#N)nc2C(F)(F)F)cc1. The summed E-state index contributed by atoms with van der Waals surface area (Å²) in [5.41, 5.74) is 2.39. The molecule has 10 heteroatoms. The molecule has 0 aliphatic rings. The molecule has 3 rings (SSSR count). The van der Waals surface area contributed by atoms with E-state index in [1.165, 1.54) is 22.3 Å². The fourth-order valence-corrected chi connectivity index (χ4v) is 3.20. The van der Waals surface area contributed by atoms with Crippen LogP contribution >= 0.6 is 11.3 Å². The highest BCUT2D eigenvalue weighted by molar-refractivity contribution is 7.07. The van der Waals surface area contributed by atoms with Crippen molar-refractivity contribution in [2.45, 2.75) is 26.2 Å². The molecule has 0 spiro atoms. The Morgan fingerprint density at radius 2 is 2.00 bits per heavy atom. The molecule has 0 aliphatic heterocycles. The van der Waals surface area contributed by atoms with Gasteiger partial charge in [0.2, 0.25) is 11.7 Å². The Bertz CT molecular complexity index is 1000. The number of aryl methyl sites for hydroxylation is 1. The molecule has 3 aromatic rings. The highest BCUT2D eigenvalue weighted by atomic mass is 32.1. The number of hydrogen-bond donors (Lipinski definition) is 0. The van der Waals surface area contributed by atoms with E-state index in [9.17, 15) is 18.0 Å². The number of carbonyl (C=O) groups is 1. The second-order valence-corrected chi connectivity index (χ2v) is 6.75. The Morgan fingerprint density at radius 3 is 2.57 bits per heavy atom. The van der Waals surface area contributed by atoms with Gasteiger partial charge in [0.05, 0.1) is 6.54 Å². The maximum atomic E-state index is 13.2. The molecule has 2 heterocycles. The normalized spacial score (nSPS) is 11.2. The van der Waals surface area contributed by atoms with Gasteiger partial charge in [-0.2, -0.15) is 34.8 Å². The summed E-state index contributed by atoms with van der Waals surface area (Å²) in [5, 5.41) is 16.0. The third kappa shape index (κ3) is 4.37. The van der Waals surface area contributed by atoms with E-state index in [-0.39, 0.29) is 6.54 Å². The number of nitrogens with zero attached hydrogens (tertiary/aromatic N) is 5. The Hall–Kier alpha value is -3.19. The third-order valence-electron chi connectivity index (χ3n) is 3.88. The number of benzene rings is 1. The molecule has 28 heavy (non-hydrogen) atoms. The molecule has 0 radical (unpaired) electrons. The van der Waals surface area contributed by atoms with Crippen molar-refractivity contribution < 1.29 is 18.0 Å². The molecule has 1 amide bonds. The van der Waals surface area contributed by atoms with Crippen molar-refractivity contribution in [3.05, 3.63) is 63.9 Å². The minimum Gasteiger partial charge on any atom is -0.306 e. The van der Waals surface area contributed by atoms with Gasteiger partial charge in [0.25, 0.3) is 5.82 Å². The zero-order valence-electron chi connectivity index (χ0n) is 14.6. The van der Waals surface area contributed by atoms with Crippen molar-refractivity contribution in [1.29, 1.82) is 5.26 Å². The zero-order chi connectivity index (χ0) is 20.3. The van der Waals surface area contributed by atoms with Crippen molar-refractivity contribution in [3.63, 3.8) is 0 Å². The van der Waals surface area contributed by atoms with Gasteiger partial charge in [-0.05, 0) is 41.4 Å². The van der Waals surface area contributed by atoms with E-state index < -0.39 is 30.3 Å². The van der Waals surface area contributed by atoms with Crippen LogP contribution in [0.1, 0.15) is 22.8 Å². The molecule has 2 aromatic heterocycles. The number of thiophene rings is 1. The van der Waals surface area contributed by atoms with Crippen molar-refractivity contribution in [2.75, 3.05) is 4.90 Å². The number of rotatable bonds is 5. The Balaban J connectivity index is 1.93. The summed E-state index contributed by atoms with van der Waals surface area (Å²) in [5.74, 6) is -2.62. The second-order valence-electron chi connectivity index (χ2n) is 5.97. The molecule has 0 bridgehead atoms. The van der Waals surface area contributed by atoms with Gasteiger partial charge in [0, 0.05) is 5.69 Å². The van der Waals surface area contributed by atoms with Gasteiger partial charge >= 0.3 is 6.18 Å². The van der Waals surface area contributed by atoms with Crippen molar-refractivity contribution in [2.24, 2.45) is 0 Å². The summed E-state index contributed by atoms with van der Waals surface area (Å²) in [7, 11) is 0. The fraction of sp³-hybridized carbons (Fsp3) is 0.222. The van der Waals surface area contributed by atoms with E-state index >= 15 is 0 Å². The summed E-state index contributed by atoms with van der Waals surface area (Å²) >= 11 is 1.46. The lowest BCUT2D eigenvalue weighted by Crippen LogP contribution is -2.34. The lowest BCUT2D eigenvalue weighted by molar-refractivity contribution is -0.148. The molecule has 0 N–H and O–H groups in total. The number of amides is 1. The summed E-state index contributed by atoms with van der Waals surface area (Å²) in [6.07, 6.45) is -4.83. The summed E-state index contributed by atoms with van der Waals surface area (Å²) in [6, 6.07) is 10.4. The van der Waals surface area contributed by atoms with Gasteiger partial charge in [0.15, 0.2) is 0 Å². The Kier molecular flexibility index (Phi) is 5.46. The number of nitriles is 1. The lowest BCUT2D eigenvalue weighted by atomic mass is 10.2. The average Bonchev–Trinajstić information content (AvgIpc) is 3.29. The van der Waals surface area contributed by atoms with Crippen molar-refractivity contribution in [1.82, 2.24) is 14.8 Å². The number of halogens is 3. The molecular weight excluding hydrogens is 391 g/mol. The lowest BCUT2D eigenvalue weighted by Gasteiger charge is -2.23. The highest BCUT2D eigenvalue weighted by Crippen LogP contribution is 2.28. The number of anilines is 1. The third-order valence-corrected chi connectivity index (χ3v) is 4.61. The maximum Gasteiger partial charge on any atom is 0.451 e. The molecule has 0 unspecified atom stereocenters. The summed E-state index contributed by atoms with van der Waals surface area (Å²) in [6.45, 7) is 1.40. The van der Waals surface area contributed by atoms with E-state index in [0.29, 0.717) is 10.4 Å². The quantitative estimate of drug-likeness (QED) is 0.648. The fourth-order valence-electron chi connectivity index (χ4n) is 2.54. The van der Waals surface area contributed by atoms with Crippen LogP contribution in [0.2, 0.25) is 0 Å². The molecule has 6 nitrogen and oxygen atoms in total. The largest absolute Gasteiger partial charge is 0.451 e. The summed E-state index contributed by atoms with van der Waals surface area (Å²) in [4.78, 5) is 17.4. The molecule has 0 atom stereocenters. The van der Waals surface area contributed by atoms with E-state index in [0.717, 1.165) is 11.1 Å². The molecule has 144 valence electrons. The predicted octanol–water partition coefficient (Wildman–Crippen LogP) is 3.77. The zero-order valence-corrected chi connectivity index (χ0v) is 15.5. The number of alkyl halides is 3. The average molecular weight is 405 g/mol. The predicted molar refractivity (Wildman–Crippen MR) is 96.4 cm³/mol. The molecule has 0 fully saturated rings. The van der Waals surface area contributed by atoms with Gasteiger partial charge in [-0.3, -0.25) is 4.79 Å². The highest BCUT2D eigenvalue weighted by Gasteiger charge is 2.39. The maximum absolute atomic E-state index is 13.2. The number of carbonyl (C=O) groups excluding carboxylic acids is 1. The standard InChI is InChI=1S/C18H14F3N5OS/c1-12-2-4-14(5-3-12)25(9-13-6-7-28-11-13)16(27)10-26-17(18(19,20)21)23-15(8-22)24-26/h2-7,11H,9-10H2,1H3. The first kappa shape index (κ1) is 19.6. The topological polar surface area (TPSA) is 74.8 Å². The molecule has 0 saturated heterocycles. The minimum atomic E-state index is -4.83. The Labute approximate surface area is 162 Å². The second kappa shape index (κ2) is 7.82. The van der Waals surface area contributed by atoms with Crippen LogP contribution in [0, 0.1) is 18.3 Å². The van der Waals surface area contributed by atoms with Crippen molar-refractivity contribution >= 4 is 22.9 Å². The van der Waals surface area contributed by atoms with Crippen LogP contribution in [0.4, 0.5) is 18.9 Å². The van der Waals surface area contributed by atoms with Crippen LogP contribution in [-0.2, 0) is 24.1 Å². The van der Waals surface area contributed by atoms with Crippen LogP contribution in [-0.4, -0.2) is 20.7 Å². The van der Waals surface area contributed by atoms with Gasteiger partial charge in [-0.25, -0.2) is 4.68 Å². The smallest absolute Gasteiger partial charge is 0.306 e. The van der Waals surface area contributed by atoms with Gasteiger partial charge in [-0.1, -0.05) is 17.7 Å². The summed E-state index contributed by atoms with van der Waals surface area (Å²) < 4.78 is 39.9. The van der Waals surface area contributed by atoms with E-state index in [2.05, 4.69) is 10.1 Å². The van der Waals surface area contributed by atoms with Gasteiger partial charge in [-0.15, -0.1) is 5.10 Å². The monoisotopic (exact) mass is 405 g/mol. The first-order valence-electron chi connectivity index (χ1n) is 8.08. The first-order chi connectivity index (χ1) is 13.3. The first-order valence-corrected chi connectivity index (χ1v) is 9.02. The van der Waals surface area contributed by atoms with E-state index in [1.54, 1.807) is 12.1 Å².